The minimum Gasteiger partial charge on any atom is -0.330 e. The lowest BCUT2D eigenvalue weighted by Gasteiger charge is -2.36. The van der Waals surface area contributed by atoms with Crippen LogP contribution < -0.4 is 0 Å². The Morgan fingerprint density at radius 1 is 1.08 bits per heavy atom. The third-order valence-corrected chi connectivity index (χ3v) is 6.84. The molecule has 2 aromatic carbocycles. The Morgan fingerprint density at radius 3 is 2.39 bits per heavy atom. The fourth-order valence-electron chi connectivity index (χ4n) is 3.82. The molecule has 0 unspecified atom stereocenters. The molecule has 0 radical (unpaired) electrons. The lowest BCUT2D eigenvalue weighted by Crippen LogP contribution is -2.52. The van der Waals surface area contributed by atoms with E-state index in [1.54, 1.807) is 18.3 Å². The van der Waals surface area contributed by atoms with Gasteiger partial charge in [-0.05, 0) is 29.2 Å². The van der Waals surface area contributed by atoms with Crippen LogP contribution in [0.4, 0.5) is 0 Å². The average molecular weight is 506 g/mol. The molecule has 2 amide bonds. The summed E-state index contributed by atoms with van der Waals surface area (Å²) < 4.78 is 1.90. The smallest absolute Gasteiger partial charge is 0.249 e. The van der Waals surface area contributed by atoms with Crippen LogP contribution in [0.5, 0.6) is 0 Å². The van der Waals surface area contributed by atoms with Crippen LogP contribution in [0, 0.1) is 17.2 Å². The lowest BCUT2D eigenvalue weighted by molar-refractivity contribution is -0.164. The Balaban J connectivity index is 1.84. The van der Waals surface area contributed by atoms with E-state index in [9.17, 15) is 9.59 Å². The topological polar surface area (TPSA) is 82.2 Å². The Morgan fingerprint density at radius 2 is 1.78 bits per heavy atom. The third kappa shape index (κ3) is 7.19. The Hall–Kier alpha value is -3.63. The molecule has 3 aromatic rings. The molecular weight excluding hydrogens is 474 g/mol. The fraction of sp³-hybridized carbons (Fsp3) is 0.357. The maximum Gasteiger partial charge on any atom is 0.249 e. The van der Waals surface area contributed by atoms with Crippen LogP contribution in [0.25, 0.3) is 0 Å². The molecule has 0 aliphatic rings. The van der Waals surface area contributed by atoms with Gasteiger partial charge in [0.1, 0.15) is 5.82 Å². The van der Waals surface area contributed by atoms with E-state index in [0.29, 0.717) is 17.9 Å². The number of amides is 2. The van der Waals surface area contributed by atoms with Crippen LogP contribution in [0.1, 0.15) is 49.7 Å². The highest BCUT2D eigenvalue weighted by molar-refractivity contribution is 6.21. The van der Waals surface area contributed by atoms with Crippen LogP contribution in [-0.4, -0.2) is 43.3 Å². The van der Waals surface area contributed by atoms with Crippen molar-refractivity contribution in [2.75, 3.05) is 6.54 Å². The van der Waals surface area contributed by atoms with E-state index in [1.165, 1.54) is 16.9 Å². The van der Waals surface area contributed by atoms with Crippen molar-refractivity contribution in [2.45, 2.75) is 52.1 Å². The van der Waals surface area contributed by atoms with Gasteiger partial charge >= 0.3 is 0 Å². The molecule has 1 aromatic heterocycles. The molecule has 8 heteroatoms. The van der Waals surface area contributed by atoms with Gasteiger partial charge in [-0.1, -0.05) is 62.7 Å². The molecule has 0 saturated heterocycles. The summed E-state index contributed by atoms with van der Waals surface area (Å²) in [5.74, 6) is 0.298. The minimum atomic E-state index is -0.289. The quantitative estimate of drug-likeness (QED) is 0.293. The monoisotopic (exact) mass is 505 g/mol. The van der Waals surface area contributed by atoms with E-state index in [0.717, 1.165) is 17.5 Å². The highest BCUT2D eigenvalue weighted by Gasteiger charge is 2.28. The minimum absolute atomic E-state index is 0.0240. The predicted molar refractivity (Wildman–Crippen MR) is 140 cm³/mol. The van der Waals surface area contributed by atoms with Crippen molar-refractivity contribution in [1.29, 1.82) is 5.26 Å². The summed E-state index contributed by atoms with van der Waals surface area (Å²) in [5.41, 5.74) is 2.49. The number of rotatable bonds is 10. The average Bonchev–Trinajstić information content (AvgIpc) is 3.32. The van der Waals surface area contributed by atoms with Gasteiger partial charge in [0.25, 0.3) is 0 Å². The SMILES string of the molecule is CC[C@H](C)[C@H](Cl)CN(C(C)=O)N(Cc1ccccc1)C(=O)Cc1nccn1Cc1ccc(C#N)cc1. The molecule has 0 saturated carbocycles. The molecule has 0 aliphatic carbocycles. The molecule has 0 spiro atoms. The van der Waals surface area contributed by atoms with Crippen molar-refractivity contribution in [3.05, 3.63) is 89.5 Å². The van der Waals surface area contributed by atoms with Gasteiger partial charge in [0, 0.05) is 25.9 Å². The van der Waals surface area contributed by atoms with Crippen LogP contribution in [0.2, 0.25) is 0 Å². The van der Waals surface area contributed by atoms with E-state index in [-0.39, 0.29) is 42.6 Å². The molecule has 0 bridgehead atoms. The summed E-state index contributed by atoms with van der Waals surface area (Å²) in [4.78, 5) is 30.8. The number of halogens is 1. The predicted octanol–water partition coefficient (Wildman–Crippen LogP) is 4.79. The number of aromatic nitrogens is 2. The van der Waals surface area contributed by atoms with Gasteiger partial charge in [-0.15, -0.1) is 11.6 Å². The van der Waals surface area contributed by atoms with E-state index in [2.05, 4.69) is 18.0 Å². The van der Waals surface area contributed by atoms with Crippen molar-refractivity contribution < 1.29 is 9.59 Å². The number of hydrogen-bond acceptors (Lipinski definition) is 4. The molecule has 7 nitrogen and oxygen atoms in total. The molecule has 0 N–H and O–H groups in total. The van der Waals surface area contributed by atoms with Gasteiger partial charge in [0.15, 0.2) is 0 Å². The van der Waals surface area contributed by atoms with Gasteiger partial charge < -0.3 is 4.57 Å². The summed E-state index contributed by atoms with van der Waals surface area (Å²) >= 11 is 6.63. The zero-order chi connectivity index (χ0) is 26.1. The second-order valence-electron chi connectivity index (χ2n) is 8.90. The first-order valence-corrected chi connectivity index (χ1v) is 12.5. The molecule has 0 fully saturated rings. The maximum atomic E-state index is 13.7. The number of alkyl halides is 1. The largest absolute Gasteiger partial charge is 0.330 e. The van der Waals surface area contributed by atoms with E-state index >= 15 is 0 Å². The zero-order valence-corrected chi connectivity index (χ0v) is 21.7. The van der Waals surface area contributed by atoms with Crippen LogP contribution in [0.15, 0.2) is 67.0 Å². The van der Waals surface area contributed by atoms with Crippen LogP contribution >= 0.6 is 11.6 Å². The van der Waals surface area contributed by atoms with Gasteiger partial charge in [-0.2, -0.15) is 5.26 Å². The number of imidazole rings is 1. The highest BCUT2D eigenvalue weighted by atomic mass is 35.5. The van der Waals surface area contributed by atoms with Crippen molar-refractivity contribution in [2.24, 2.45) is 5.92 Å². The number of carbonyl (C=O) groups is 2. The Bertz CT molecular complexity index is 1190. The molecule has 0 aliphatic heterocycles. The summed E-state index contributed by atoms with van der Waals surface area (Å²) in [6, 6.07) is 19.0. The maximum absolute atomic E-state index is 13.7. The number of hydrogen-bond donors (Lipinski definition) is 0. The zero-order valence-electron chi connectivity index (χ0n) is 21.0. The van der Waals surface area contributed by atoms with Gasteiger partial charge in [-0.25, -0.2) is 15.0 Å². The van der Waals surface area contributed by atoms with Crippen LogP contribution in [-0.2, 0) is 29.1 Å². The van der Waals surface area contributed by atoms with E-state index in [4.69, 9.17) is 16.9 Å². The second kappa shape index (κ2) is 12.9. The third-order valence-electron chi connectivity index (χ3n) is 6.27. The Kier molecular flexibility index (Phi) is 9.66. The van der Waals surface area contributed by atoms with Gasteiger partial charge in [0.2, 0.25) is 11.8 Å². The molecule has 3 rings (SSSR count). The molecule has 188 valence electrons. The van der Waals surface area contributed by atoms with Crippen LogP contribution in [0.3, 0.4) is 0 Å². The highest BCUT2D eigenvalue weighted by Crippen LogP contribution is 2.19. The first-order valence-electron chi connectivity index (χ1n) is 12.1. The van der Waals surface area contributed by atoms with Gasteiger partial charge in [0.05, 0.1) is 36.5 Å². The summed E-state index contributed by atoms with van der Waals surface area (Å²) in [5, 5.41) is 11.7. The van der Waals surface area contributed by atoms with Crippen molar-refractivity contribution in [3.63, 3.8) is 0 Å². The normalized spacial score (nSPS) is 12.4. The molecular formula is C28H32ClN5O2. The number of hydrazine groups is 1. The van der Waals surface area contributed by atoms with Crippen molar-refractivity contribution in [1.82, 2.24) is 19.6 Å². The van der Waals surface area contributed by atoms with Crippen molar-refractivity contribution >= 4 is 23.4 Å². The molecule has 36 heavy (non-hydrogen) atoms. The Labute approximate surface area is 217 Å². The number of nitrogens with zero attached hydrogens (tertiary/aromatic N) is 5. The molecule has 2 atom stereocenters. The van der Waals surface area contributed by atoms with E-state index in [1.807, 2.05) is 60.2 Å². The van der Waals surface area contributed by atoms with E-state index < -0.39 is 0 Å². The second-order valence-corrected chi connectivity index (χ2v) is 9.46. The van der Waals surface area contributed by atoms with Gasteiger partial charge in [-0.3, -0.25) is 9.59 Å². The standard InChI is InChI=1S/C28H32ClN5O2/c1-4-21(2)26(29)20-33(22(3)35)34(19-24-8-6-5-7-9-24)28(36)16-27-31-14-15-32(27)18-25-12-10-23(17-30)11-13-25/h5-15,21,26H,4,16,18-20H2,1-3H3/t21-,26+/m0/s1. The fourth-order valence-corrected chi connectivity index (χ4v) is 4.13. The summed E-state index contributed by atoms with van der Waals surface area (Å²) in [6.07, 6.45) is 4.38. The first kappa shape index (κ1) is 27.0. The summed E-state index contributed by atoms with van der Waals surface area (Å²) in [6.45, 7) is 6.56. The van der Waals surface area contributed by atoms with Crippen molar-refractivity contribution in [3.8, 4) is 6.07 Å². The number of nitriles is 1. The lowest BCUT2D eigenvalue weighted by atomic mass is 10.0. The first-order chi connectivity index (χ1) is 17.3. The number of carbonyl (C=O) groups excluding carboxylic acids is 2. The number of benzene rings is 2. The summed E-state index contributed by atoms with van der Waals surface area (Å²) in [7, 11) is 0. The molecule has 1 heterocycles.